The first-order valence-electron chi connectivity index (χ1n) is 8.24. The van der Waals surface area contributed by atoms with Gasteiger partial charge < -0.3 is 15.1 Å². The monoisotopic (exact) mass is 346 g/mol. The van der Waals surface area contributed by atoms with E-state index in [0.717, 1.165) is 5.56 Å². The summed E-state index contributed by atoms with van der Waals surface area (Å²) in [6.07, 6.45) is 0.164. The number of fused-ring (bicyclic) bond motifs is 1. The number of piperazine rings is 1. The molecule has 1 fully saturated rings. The van der Waals surface area contributed by atoms with Crippen LogP contribution in [-0.2, 0) is 16.1 Å². The van der Waals surface area contributed by atoms with E-state index in [1.165, 1.54) is 4.57 Å². The molecule has 8 heteroatoms. The van der Waals surface area contributed by atoms with Crippen LogP contribution in [0, 0.1) is 6.92 Å². The van der Waals surface area contributed by atoms with Crippen LogP contribution >= 0.6 is 0 Å². The largest absolute Gasteiger partial charge is 0.419 e. The Hall–Kier alpha value is -2.61. The van der Waals surface area contributed by atoms with Gasteiger partial charge in [0.2, 0.25) is 11.8 Å². The Bertz CT molecular complexity index is 869. The molecule has 25 heavy (non-hydrogen) atoms. The molecule has 1 atom stereocenters. The fourth-order valence-corrected chi connectivity index (χ4v) is 3.16. The molecule has 2 N–H and O–H groups in total. The number of carbonyl (C=O) groups is 2. The summed E-state index contributed by atoms with van der Waals surface area (Å²) in [6.45, 7) is 3.58. The minimum Gasteiger partial charge on any atom is -0.408 e. The minimum atomic E-state index is -0.474. The third-order valence-electron chi connectivity index (χ3n) is 4.70. The topological polar surface area (TPSA) is 102 Å². The van der Waals surface area contributed by atoms with E-state index in [2.05, 4.69) is 0 Å². The van der Waals surface area contributed by atoms with E-state index in [1.54, 1.807) is 11.0 Å². The first kappa shape index (κ1) is 17.2. The first-order valence-corrected chi connectivity index (χ1v) is 8.24. The van der Waals surface area contributed by atoms with Crippen molar-refractivity contribution in [3.63, 3.8) is 0 Å². The molecule has 2 heterocycles. The number of benzene rings is 1. The van der Waals surface area contributed by atoms with Crippen LogP contribution in [0.5, 0.6) is 0 Å². The van der Waals surface area contributed by atoms with E-state index in [-0.39, 0.29) is 25.4 Å². The summed E-state index contributed by atoms with van der Waals surface area (Å²) in [5, 5.41) is 0. The zero-order valence-electron chi connectivity index (χ0n) is 14.4. The second kappa shape index (κ2) is 6.72. The number of primary amides is 1. The van der Waals surface area contributed by atoms with Crippen LogP contribution in [0.2, 0.25) is 0 Å². The lowest BCUT2D eigenvalue weighted by atomic mass is 10.1. The summed E-state index contributed by atoms with van der Waals surface area (Å²) < 4.78 is 6.68. The Morgan fingerprint density at radius 1 is 1.32 bits per heavy atom. The van der Waals surface area contributed by atoms with E-state index in [1.807, 2.05) is 31.0 Å². The fraction of sp³-hybridized carbons (Fsp3) is 0.471. The summed E-state index contributed by atoms with van der Waals surface area (Å²) in [4.78, 5) is 39.5. The van der Waals surface area contributed by atoms with Gasteiger partial charge in [-0.3, -0.25) is 19.1 Å². The maximum Gasteiger partial charge on any atom is 0.419 e. The van der Waals surface area contributed by atoms with Crippen molar-refractivity contribution in [2.24, 2.45) is 5.73 Å². The number of likely N-dealkylation sites (N-methyl/N-ethyl adjacent to an activating group) is 1. The highest BCUT2D eigenvalue weighted by Crippen LogP contribution is 2.16. The molecular formula is C17H22N4O4. The van der Waals surface area contributed by atoms with E-state index in [9.17, 15) is 14.4 Å². The standard InChI is InChI=1S/C17H22N4O4/c1-11-3-4-14-12(9-11)21(17(24)25-14)6-5-15(22)20-8-7-19(2)13(10-20)16(18)23/h3-4,9,13H,5-8,10H2,1-2H3,(H2,18,23)/t13-/m0/s1. The van der Waals surface area contributed by atoms with E-state index < -0.39 is 17.7 Å². The van der Waals surface area contributed by atoms with Gasteiger partial charge in [-0.25, -0.2) is 4.79 Å². The number of aromatic nitrogens is 1. The molecule has 1 aromatic heterocycles. The number of rotatable bonds is 4. The zero-order chi connectivity index (χ0) is 18.1. The van der Waals surface area contributed by atoms with Gasteiger partial charge in [0.05, 0.1) is 5.52 Å². The van der Waals surface area contributed by atoms with Crippen molar-refractivity contribution in [3.8, 4) is 0 Å². The molecule has 1 aliphatic rings. The normalized spacial score (nSPS) is 18.6. The molecule has 8 nitrogen and oxygen atoms in total. The molecule has 0 unspecified atom stereocenters. The van der Waals surface area contributed by atoms with Gasteiger partial charge in [0.25, 0.3) is 0 Å². The number of oxazole rings is 1. The third-order valence-corrected chi connectivity index (χ3v) is 4.70. The molecule has 1 saturated heterocycles. The summed E-state index contributed by atoms with van der Waals surface area (Å²) in [7, 11) is 1.82. The maximum absolute atomic E-state index is 12.5. The molecule has 0 bridgehead atoms. The van der Waals surface area contributed by atoms with Crippen LogP contribution in [-0.4, -0.2) is 58.9 Å². The van der Waals surface area contributed by atoms with Crippen LogP contribution in [0.25, 0.3) is 11.1 Å². The predicted octanol–water partition coefficient (Wildman–Crippen LogP) is -0.0791. The third kappa shape index (κ3) is 3.43. The van der Waals surface area contributed by atoms with E-state index >= 15 is 0 Å². The van der Waals surface area contributed by atoms with Crippen LogP contribution in [0.4, 0.5) is 0 Å². The smallest absolute Gasteiger partial charge is 0.408 e. The second-order valence-corrected chi connectivity index (χ2v) is 6.48. The van der Waals surface area contributed by atoms with Crippen LogP contribution in [0.1, 0.15) is 12.0 Å². The summed E-state index contributed by atoms with van der Waals surface area (Å²) in [5.74, 6) is -1.01. The molecule has 134 valence electrons. The number of amides is 2. The van der Waals surface area contributed by atoms with Gasteiger partial charge in [-0.05, 0) is 31.7 Å². The average Bonchev–Trinajstić information content (AvgIpc) is 2.87. The van der Waals surface area contributed by atoms with Crippen molar-refractivity contribution in [2.45, 2.75) is 25.9 Å². The SMILES string of the molecule is Cc1ccc2oc(=O)n(CCC(=O)N3CCN(C)[C@H](C(N)=O)C3)c2c1. The maximum atomic E-state index is 12.5. The number of hydrogen-bond donors (Lipinski definition) is 1. The van der Waals surface area contributed by atoms with Gasteiger partial charge in [-0.1, -0.05) is 6.07 Å². The van der Waals surface area contributed by atoms with Crippen molar-refractivity contribution >= 4 is 22.9 Å². The van der Waals surface area contributed by atoms with E-state index in [0.29, 0.717) is 24.2 Å². The van der Waals surface area contributed by atoms with Gasteiger partial charge in [0, 0.05) is 32.6 Å². The highest BCUT2D eigenvalue weighted by molar-refractivity contribution is 5.82. The number of aryl methyl sites for hydroxylation is 2. The fourth-order valence-electron chi connectivity index (χ4n) is 3.16. The zero-order valence-corrected chi connectivity index (χ0v) is 14.4. The minimum absolute atomic E-state index is 0.103. The Labute approximate surface area is 144 Å². The van der Waals surface area contributed by atoms with E-state index in [4.69, 9.17) is 10.2 Å². The molecule has 0 spiro atoms. The Kier molecular flexibility index (Phi) is 4.63. The first-order chi connectivity index (χ1) is 11.9. The molecule has 1 aromatic carbocycles. The lowest BCUT2D eigenvalue weighted by Gasteiger charge is -2.37. The molecule has 1 aliphatic heterocycles. The van der Waals surface area contributed by atoms with Gasteiger partial charge >= 0.3 is 5.76 Å². The molecule has 0 radical (unpaired) electrons. The number of carbonyl (C=O) groups excluding carboxylic acids is 2. The molecule has 2 aromatic rings. The lowest BCUT2D eigenvalue weighted by molar-refractivity contribution is -0.136. The molecular weight excluding hydrogens is 324 g/mol. The average molecular weight is 346 g/mol. The van der Waals surface area contributed by atoms with Crippen LogP contribution < -0.4 is 11.5 Å². The predicted molar refractivity (Wildman–Crippen MR) is 92.0 cm³/mol. The van der Waals surface area contributed by atoms with Crippen LogP contribution in [0.15, 0.2) is 27.4 Å². The van der Waals surface area contributed by atoms with Crippen LogP contribution in [0.3, 0.4) is 0 Å². The molecule has 2 amide bonds. The molecule has 0 saturated carbocycles. The van der Waals surface area contributed by atoms with Gasteiger partial charge in [0.1, 0.15) is 6.04 Å². The highest BCUT2D eigenvalue weighted by Gasteiger charge is 2.30. The van der Waals surface area contributed by atoms with Crippen molar-refractivity contribution in [3.05, 3.63) is 34.3 Å². The Morgan fingerprint density at radius 3 is 2.80 bits per heavy atom. The molecule has 0 aliphatic carbocycles. The van der Waals surface area contributed by atoms with Gasteiger partial charge in [0.15, 0.2) is 5.58 Å². The summed E-state index contributed by atoms with van der Waals surface area (Å²) in [5.41, 5.74) is 7.60. The number of nitrogens with zero attached hydrogens (tertiary/aromatic N) is 3. The number of hydrogen-bond acceptors (Lipinski definition) is 5. The molecule has 3 rings (SSSR count). The van der Waals surface area contributed by atoms with Crippen molar-refractivity contribution < 1.29 is 14.0 Å². The Morgan fingerprint density at radius 2 is 2.08 bits per heavy atom. The summed E-state index contributed by atoms with van der Waals surface area (Å²) >= 11 is 0. The summed E-state index contributed by atoms with van der Waals surface area (Å²) in [6, 6.07) is 5.01. The quantitative estimate of drug-likeness (QED) is 0.834. The van der Waals surface area contributed by atoms with Crippen molar-refractivity contribution in [2.75, 3.05) is 26.7 Å². The van der Waals surface area contributed by atoms with Crippen molar-refractivity contribution in [1.29, 1.82) is 0 Å². The number of nitrogens with two attached hydrogens (primary N) is 1. The lowest BCUT2D eigenvalue weighted by Crippen LogP contribution is -2.58. The second-order valence-electron chi connectivity index (χ2n) is 6.48. The highest BCUT2D eigenvalue weighted by atomic mass is 16.4. The van der Waals surface area contributed by atoms with Gasteiger partial charge in [-0.2, -0.15) is 0 Å². The van der Waals surface area contributed by atoms with Crippen molar-refractivity contribution in [1.82, 2.24) is 14.4 Å². The van der Waals surface area contributed by atoms with Gasteiger partial charge in [-0.15, -0.1) is 0 Å². The Balaban J connectivity index is 1.71.